The highest BCUT2D eigenvalue weighted by Gasteiger charge is 2.44. The molecule has 410 valence electrons. The van der Waals surface area contributed by atoms with Gasteiger partial charge in [0.15, 0.2) is 23.0 Å². The second-order valence-corrected chi connectivity index (χ2v) is 24.3. The van der Waals surface area contributed by atoms with Gasteiger partial charge in [0.05, 0.1) is 28.9 Å². The topological polar surface area (TPSA) is 232 Å². The van der Waals surface area contributed by atoms with Gasteiger partial charge < -0.3 is 35.0 Å². The van der Waals surface area contributed by atoms with Gasteiger partial charge >= 0.3 is 17.9 Å². The van der Waals surface area contributed by atoms with Crippen LogP contribution in [0.1, 0.15) is 56.4 Å². The minimum absolute atomic E-state index is 0.170. The van der Waals surface area contributed by atoms with Gasteiger partial charge in [-0.2, -0.15) is 0 Å². The van der Waals surface area contributed by atoms with E-state index in [1.807, 2.05) is 72.8 Å². The number of fused-ring (bicyclic) bond motifs is 3. The monoisotopic (exact) mass is 1240 g/mol. The number of phenols is 2. The number of nitrogens with zero attached hydrogens (tertiary/aromatic N) is 3. The number of allylic oxidation sites excluding steroid dienone is 2. The number of aromatic hydroxyl groups is 2. The number of carbonyl (C=O) groups excluding carboxylic acids is 3. The van der Waals surface area contributed by atoms with Crippen LogP contribution >= 0.6 is 87.9 Å². The summed E-state index contributed by atoms with van der Waals surface area (Å²) in [4.78, 5) is 76.8. The largest absolute Gasteiger partial charge is 0.504 e. The fourth-order valence-electron chi connectivity index (χ4n) is 8.90. The van der Waals surface area contributed by atoms with Gasteiger partial charge in [0.1, 0.15) is 31.6 Å². The number of amides is 3. The number of carboxylic acids is 3. The highest BCUT2D eigenvalue weighted by molar-refractivity contribution is 9.15. The van der Waals surface area contributed by atoms with Crippen molar-refractivity contribution in [3.05, 3.63) is 134 Å². The van der Waals surface area contributed by atoms with Crippen LogP contribution in [0.3, 0.4) is 0 Å². The molecule has 5 aromatic carbocycles. The molecule has 2 atom stereocenters. The highest BCUT2D eigenvalue weighted by atomic mass is 79.9. The van der Waals surface area contributed by atoms with Gasteiger partial charge in [-0.05, 0) is 122 Å². The van der Waals surface area contributed by atoms with Crippen LogP contribution in [0.4, 0.5) is 0 Å². The minimum Gasteiger partial charge on any atom is -0.504 e. The standard InChI is InChI=1S/C21H21NO5S2.C19H18BrNO5S2.C16H11NO3S2/c1-11(2)16(20(24)25)22-19(23)15(29-21(22)28)10-13-9-12-7-5-6-8-14(12)18(27-4)17(13)26-3;1-8(2)16(18(25)26)21-17(24)14(28-19(21)27)6-10-4-3-9-5-12(22)13(23)7-11(9)15(10)20;18-14(19)9-17-15(20)13(22-16(17)21)8-10-5-6-11-3-1-2-4-12(11)7-10/h5-11,16H,1-4H3,(H,24,25);5-8,16,22-23H,3-4H2,1-2H3,(H,25,26);1-8H,9H2,(H,18,19)/b15-10-;14-6-;13-8-. The molecule has 4 aliphatic rings. The SMILES string of the molecule is CC(C)C(C(=O)O)N1C(=O)/C(=C/C2=C(Br)c3cc(O)c(O)cc3CC2)SC1=S.COc1c(/C=C2\SC(=S)N(C(C(=O)O)C(C)C)C2=O)cc2ccccc2c1OC.O=C(O)CN1C(=O)/C(=C/c2ccc3ccccc3c2)SC1=S. The number of hydrogen-bond donors (Lipinski definition) is 5. The lowest BCUT2D eigenvalue weighted by molar-refractivity contribution is -0.147. The van der Waals surface area contributed by atoms with Crippen LogP contribution in [-0.2, 0) is 35.2 Å². The molecule has 5 aromatic rings. The molecule has 0 radical (unpaired) electrons. The number of hydrogen-bond acceptors (Lipinski definition) is 16. The summed E-state index contributed by atoms with van der Waals surface area (Å²) in [6, 6.07) is 24.4. The minimum atomic E-state index is -1.09. The van der Waals surface area contributed by atoms with Crippen LogP contribution in [0, 0.1) is 11.8 Å². The summed E-state index contributed by atoms with van der Waals surface area (Å²) < 4.78 is 12.6. The Bertz CT molecular complexity index is 3540. The van der Waals surface area contributed by atoms with Crippen molar-refractivity contribution in [2.45, 2.75) is 52.6 Å². The maximum absolute atomic E-state index is 13.0. The van der Waals surface area contributed by atoms with E-state index in [-0.39, 0.29) is 42.2 Å². The zero-order valence-electron chi connectivity index (χ0n) is 42.9. The molecular weight excluding hydrogens is 1190 g/mol. The third-order valence-corrected chi connectivity index (χ3v) is 17.6. The van der Waals surface area contributed by atoms with E-state index in [4.69, 9.17) is 51.2 Å². The average Bonchev–Trinajstić information content (AvgIpc) is 3.95. The van der Waals surface area contributed by atoms with Crippen molar-refractivity contribution in [3.8, 4) is 23.0 Å². The van der Waals surface area contributed by atoms with Gasteiger partial charge in [0.2, 0.25) is 0 Å². The van der Waals surface area contributed by atoms with E-state index in [1.54, 1.807) is 53.0 Å². The summed E-state index contributed by atoms with van der Waals surface area (Å²) in [6.07, 6.45) is 6.39. The van der Waals surface area contributed by atoms with Crippen LogP contribution in [-0.4, -0.2) is 122 Å². The molecule has 16 nitrogen and oxygen atoms in total. The molecule has 3 heterocycles. The number of halogens is 1. The Morgan fingerprint density at radius 2 is 1.15 bits per heavy atom. The quantitative estimate of drug-likeness (QED) is 0.0419. The van der Waals surface area contributed by atoms with E-state index in [0.29, 0.717) is 49.1 Å². The first-order chi connectivity index (χ1) is 37.4. The molecular formula is C56H50BrN3O13S6. The van der Waals surface area contributed by atoms with E-state index in [1.165, 1.54) is 29.0 Å². The third-order valence-electron chi connectivity index (χ3n) is 12.6. The molecule has 0 bridgehead atoms. The summed E-state index contributed by atoms with van der Waals surface area (Å²) in [5, 5.41) is 51.4. The third kappa shape index (κ3) is 13.2. The molecule has 3 saturated heterocycles. The first-order valence-corrected chi connectivity index (χ1v) is 28.5. The smallest absolute Gasteiger partial charge is 0.327 e. The van der Waals surface area contributed by atoms with Crippen molar-refractivity contribution in [3.63, 3.8) is 0 Å². The highest BCUT2D eigenvalue weighted by Crippen LogP contribution is 2.45. The Hall–Kier alpha value is -6.60. The molecule has 1 aliphatic carbocycles. The van der Waals surface area contributed by atoms with E-state index in [2.05, 4.69) is 15.9 Å². The van der Waals surface area contributed by atoms with Gasteiger partial charge in [0.25, 0.3) is 17.7 Å². The van der Waals surface area contributed by atoms with Gasteiger partial charge in [-0.3, -0.25) is 33.9 Å². The normalized spacial score (nSPS) is 17.7. The Labute approximate surface area is 491 Å². The summed E-state index contributed by atoms with van der Waals surface area (Å²) in [7, 11) is 3.10. The van der Waals surface area contributed by atoms with Crippen LogP contribution in [0.25, 0.3) is 38.2 Å². The van der Waals surface area contributed by atoms with Crippen molar-refractivity contribution in [2.75, 3.05) is 20.8 Å². The van der Waals surface area contributed by atoms with Crippen LogP contribution < -0.4 is 9.47 Å². The van der Waals surface area contributed by atoms with Crippen molar-refractivity contribution >= 4 is 175 Å². The van der Waals surface area contributed by atoms with Gasteiger partial charge in [-0.25, -0.2) is 9.59 Å². The van der Waals surface area contributed by atoms with Gasteiger partial charge in [-0.1, -0.05) is 160 Å². The molecule has 3 fully saturated rings. The summed E-state index contributed by atoms with van der Waals surface area (Å²) in [5.41, 5.74) is 4.01. The molecule has 9 rings (SSSR count). The molecule has 23 heteroatoms. The molecule has 79 heavy (non-hydrogen) atoms. The lowest BCUT2D eigenvalue weighted by atomic mass is 9.91. The predicted molar refractivity (Wildman–Crippen MR) is 325 cm³/mol. The maximum Gasteiger partial charge on any atom is 0.327 e. The molecule has 3 amide bonds. The van der Waals surface area contributed by atoms with Gasteiger partial charge in [0, 0.05) is 15.4 Å². The zero-order chi connectivity index (χ0) is 57.7. The van der Waals surface area contributed by atoms with E-state index in [0.717, 1.165) is 84.0 Å². The van der Waals surface area contributed by atoms with Crippen LogP contribution in [0.2, 0.25) is 0 Å². The average molecular weight is 1250 g/mol. The first-order valence-electron chi connectivity index (χ1n) is 24.0. The number of thioether (sulfide) groups is 3. The second kappa shape index (κ2) is 25.7. The number of aliphatic carboxylic acids is 3. The van der Waals surface area contributed by atoms with E-state index in [9.17, 15) is 49.2 Å². The second-order valence-electron chi connectivity index (χ2n) is 18.5. The first kappa shape index (κ1) is 60.0. The lowest BCUT2D eigenvalue weighted by Crippen LogP contribution is -2.47. The number of thiocarbonyl (C=S) groups is 3. The van der Waals surface area contributed by atoms with Crippen LogP contribution in [0.5, 0.6) is 23.0 Å². The number of carboxylic acid groups (broad SMARTS) is 3. The molecule has 2 unspecified atom stereocenters. The molecule has 0 spiro atoms. The van der Waals surface area contributed by atoms with Crippen molar-refractivity contribution in [2.24, 2.45) is 11.8 Å². The Balaban J connectivity index is 0.000000173. The fraction of sp³-hybridized carbons (Fsp3) is 0.232. The molecule has 5 N–H and O–H groups in total. The number of phenolic OH excluding ortho intramolecular Hbond substituents is 2. The molecule has 0 aromatic heterocycles. The summed E-state index contributed by atoms with van der Waals surface area (Å²) in [6.45, 7) is 6.57. The predicted octanol–water partition coefficient (Wildman–Crippen LogP) is 11.3. The fourth-order valence-corrected chi connectivity index (χ4v) is 13.5. The number of methoxy groups -OCH3 is 2. The van der Waals surface area contributed by atoms with Crippen molar-refractivity contribution in [1.82, 2.24) is 14.7 Å². The molecule has 3 aliphatic heterocycles. The van der Waals surface area contributed by atoms with Gasteiger partial charge in [-0.15, -0.1) is 0 Å². The summed E-state index contributed by atoms with van der Waals surface area (Å²) in [5.74, 6) is -4.34. The van der Waals surface area contributed by atoms with Crippen LogP contribution in [0.15, 0.2) is 111 Å². The van der Waals surface area contributed by atoms with E-state index < -0.39 is 48.4 Å². The maximum atomic E-state index is 13.0. The molecule has 0 saturated carbocycles. The van der Waals surface area contributed by atoms with Crippen molar-refractivity contribution < 1.29 is 63.8 Å². The lowest BCUT2D eigenvalue weighted by Gasteiger charge is -2.26. The number of rotatable bonds is 13. The number of ether oxygens (including phenoxy) is 2. The number of carbonyl (C=O) groups is 6. The summed E-state index contributed by atoms with van der Waals surface area (Å²) >= 11 is 22.5. The van der Waals surface area contributed by atoms with Crippen molar-refractivity contribution in [1.29, 1.82) is 0 Å². The zero-order valence-corrected chi connectivity index (χ0v) is 49.4. The Morgan fingerprint density at radius 3 is 1.71 bits per heavy atom. The Kier molecular flexibility index (Phi) is 19.5. The van der Waals surface area contributed by atoms with E-state index >= 15 is 0 Å². The Morgan fingerprint density at radius 1 is 0.633 bits per heavy atom. The number of benzene rings is 5. The number of aryl methyl sites for hydroxylation is 1.